The molecule has 2 aromatic carbocycles. The molecule has 0 fully saturated rings. The molecular weight excluding hydrogens is 467 g/mol. The Morgan fingerprint density at radius 2 is 1.79 bits per heavy atom. The molecule has 0 aromatic heterocycles. The first-order chi connectivity index (χ1) is 13.6. The molecule has 0 aliphatic carbocycles. The van der Waals surface area contributed by atoms with Crippen LogP contribution < -0.4 is 10.0 Å². The van der Waals surface area contributed by atoms with Crippen LogP contribution in [0.1, 0.15) is 25.5 Å². The van der Waals surface area contributed by atoms with E-state index in [0.29, 0.717) is 10.0 Å². The van der Waals surface area contributed by atoms with Crippen LogP contribution in [0.5, 0.6) is 0 Å². The normalized spacial score (nSPS) is 13.4. The van der Waals surface area contributed by atoms with E-state index in [0.717, 1.165) is 0 Å². The number of hydrogen-bond donors (Lipinski definition) is 2. The van der Waals surface area contributed by atoms with Crippen LogP contribution in [-0.4, -0.2) is 32.9 Å². The van der Waals surface area contributed by atoms with Gasteiger partial charge in [0.15, 0.2) is 6.10 Å². The lowest BCUT2D eigenvalue weighted by molar-refractivity contribution is -0.153. The van der Waals surface area contributed by atoms with Gasteiger partial charge in [0.2, 0.25) is 10.0 Å². The number of rotatable bonds is 8. The Morgan fingerprint density at radius 3 is 2.41 bits per heavy atom. The molecule has 1 amide bonds. The molecule has 0 saturated carbocycles. The van der Waals surface area contributed by atoms with Crippen LogP contribution in [0.3, 0.4) is 0 Å². The van der Waals surface area contributed by atoms with Crippen molar-refractivity contribution in [3.63, 3.8) is 0 Å². The van der Waals surface area contributed by atoms with Crippen LogP contribution in [0.15, 0.2) is 57.9 Å². The number of carbonyl (C=O) groups is 2. The van der Waals surface area contributed by atoms with E-state index in [2.05, 4.69) is 26.0 Å². The average molecular weight is 487 g/mol. The Kier molecular flexibility index (Phi) is 7.88. The smallest absolute Gasteiger partial charge is 0.321 e. The monoisotopic (exact) mass is 486 g/mol. The van der Waals surface area contributed by atoms with Crippen LogP contribution in [-0.2, 0) is 24.3 Å². The summed E-state index contributed by atoms with van der Waals surface area (Å²) in [5.74, 6) is -1.86. The standard InChI is InChI=1S/C19H20BrFN2O5S/c1-12(14-6-8-16(21)9-7-14)23-19(25)13(2)28-18(24)11-22-29(26,27)17-5-3-4-15(20)10-17/h3-10,12-13,22H,11H2,1-2H3,(H,23,25). The van der Waals surface area contributed by atoms with Crippen molar-refractivity contribution < 1.29 is 27.1 Å². The molecule has 0 saturated heterocycles. The Balaban J connectivity index is 1.86. The van der Waals surface area contributed by atoms with Crippen LogP contribution in [0.4, 0.5) is 4.39 Å². The lowest BCUT2D eigenvalue weighted by Crippen LogP contribution is -2.39. The molecule has 10 heteroatoms. The molecule has 0 aliphatic heterocycles. The van der Waals surface area contributed by atoms with Crippen LogP contribution in [0.2, 0.25) is 0 Å². The number of hydrogen-bond acceptors (Lipinski definition) is 5. The Hall–Kier alpha value is -2.30. The molecule has 0 heterocycles. The lowest BCUT2D eigenvalue weighted by Gasteiger charge is -2.18. The van der Waals surface area contributed by atoms with E-state index in [1.54, 1.807) is 19.1 Å². The fourth-order valence-electron chi connectivity index (χ4n) is 2.33. The van der Waals surface area contributed by atoms with E-state index in [4.69, 9.17) is 4.74 Å². The summed E-state index contributed by atoms with van der Waals surface area (Å²) in [7, 11) is -3.90. The van der Waals surface area contributed by atoms with Crippen molar-refractivity contribution in [1.29, 1.82) is 0 Å². The SMILES string of the molecule is CC(OC(=O)CNS(=O)(=O)c1cccc(Br)c1)C(=O)NC(C)c1ccc(F)cc1. The van der Waals surface area contributed by atoms with Gasteiger partial charge in [0.05, 0.1) is 10.9 Å². The lowest BCUT2D eigenvalue weighted by atomic mass is 10.1. The predicted molar refractivity (Wildman–Crippen MR) is 108 cm³/mol. The van der Waals surface area contributed by atoms with Crippen molar-refractivity contribution in [2.75, 3.05) is 6.54 Å². The highest BCUT2D eigenvalue weighted by Crippen LogP contribution is 2.16. The molecule has 29 heavy (non-hydrogen) atoms. The quantitative estimate of drug-likeness (QED) is 0.558. The minimum Gasteiger partial charge on any atom is -0.452 e. The second-order valence-corrected chi connectivity index (χ2v) is 8.88. The number of benzene rings is 2. The first-order valence-corrected chi connectivity index (χ1v) is 10.9. The van der Waals surface area contributed by atoms with E-state index in [1.807, 2.05) is 0 Å². The summed E-state index contributed by atoms with van der Waals surface area (Å²) in [5.41, 5.74) is 0.681. The van der Waals surface area contributed by atoms with Crippen LogP contribution in [0, 0.1) is 5.82 Å². The fraction of sp³-hybridized carbons (Fsp3) is 0.263. The minimum atomic E-state index is -3.90. The van der Waals surface area contributed by atoms with E-state index < -0.39 is 40.6 Å². The predicted octanol–water partition coefficient (Wildman–Crippen LogP) is 2.68. The van der Waals surface area contributed by atoms with Crippen molar-refractivity contribution in [3.05, 3.63) is 64.4 Å². The Bertz CT molecular complexity index is 982. The van der Waals surface area contributed by atoms with Crippen molar-refractivity contribution in [3.8, 4) is 0 Å². The summed E-state index contributed by atoms with van der Waals surface area (Å²) in [6.07, 6.45) is -1.14. The van der Waals surface area contributed by atoms with Gasteiger partial charge in [-0.15, -0.1) is 0 Å². The van der Waals surface area contributed by atoms with E-state index in [1.165, 1.54) is 43.3 Å². The summed E-state index contributed by atoms with van der Waals surface area (Å²) in [5, 5.41) is 2.64. The van der Waals surface area contributed by atoms with Gasteiger partial charge in [-0.25, -0.2) is 12.8 Å². The number of ether oxygens (including phenoxy) is 1. The summed E-state index contributed by atoms with van der Waals surface area (Å²) in [4.78, 5) is 24.1. The molecule has 2 atom stereocenters. The summed E-state index contributed by atoms with van der Waals surface area (Å²) < 4.78 is 45.0. The second-order valence-electron chi connectivity index (χ2n) is 6.20. The molecule has 2 aromatic rings. The van der Waals surface area contributed by atoms with Gasteiger partial charge in [-0.2, -0.15) is 4.72 Å². The first kappa shape index (κ1) is 23.0. The molecule has 0 radical (unpaired) electrons. The van der Waals surface area contributed by atoms with Gasteiger partial charge in [0.1, 0.15) is 12.4 Å². The summed E-state index contributed by atoms with van der Waals surface area (Å²) in [6.45, 7) is 2.44. The van der Waals surface area contributed by atoms with Gasteiger partial charge in [0, 0.05) is 4.47 Å². The number of sulfonamides is 1. The van der Waals surface area contributed by atoms with Gasteiger partial charge in [-0.3, -0.25) is 9.59 Å². The zero-order valence-electron chi connectivity index (χ0n) is 15.7. The zero-order chi connectivity index (χ0) is 21.6. The highest BCUT2D eigenvalue weighted by molar-refractivity contribution is 9.10. The number of halogens is 2. The average Bonchev–Trinajstić information content (AvgIpc) is 2.67. The summed E-state index contributed by atoms with van der Waals surface area (Å²) in [6, 6.07) is 11.2. The minimum absolute atomic E-state index is 0.0152. The van der Waals surface area contributed by atoms with Crippen LogP contribution >= 0.6 is 15.9 Å². The maximum Gasteiger partial charge on any atom is 0.321 e. The molecule has 2 unspecified atom stereocenters. The molecule has 7 nitrogen and oxygen atoms in total. The topological polar surface area (TPSA) is 102 Å². The van der Waals surface area contributed by atoms with Crippen molar-refractivity contribution >= 4 is 37.8 Å². The van der Waals surface area contributed by atoms with Gasteiger partial charge in [0.25, 0.3) is 5.91 Å². The third-order valence-electron chi connectivity index (χ3n) is 3.92. The number of carbonyl (C=O) groups excluding carboxylic acids is 2. The zero-order valence-corrected chi connectivity index (χ0v) is 18.1. The maximum atomic E-state index is 13.0. The Morgan fingerprint density at radius 1 is 1.14 bits per heavy atom. The van der Waals surface area contributed by atoms with E-state index >= 15 is 0 Å². The third kappa shape index (κ3) is 6.91. The van der Waals surface area contributed by atoms with Gasteiger partial charge >= 0.3 is 5.97 Å². The number of nitrogens with one attached hydrogen (secondary N) is 2. The third-order valence-corrected chi connectivity index (χ3v) is 5.81. The molecule has 0 spiro atoms. The molecule has 0 aliphatic rings. The van der Waals surface area contributed by atoms with Crippen LogP contribution in [0.25, 0.3) is 0 Å². The fourth-order valence-corrected chi connectivity index (χ4v) is 3.89. The van der Waals surface area contributed by atoms with E-state index in [-0.39, 0.29) is 10.7 Å². The molecule has 2 rings (SSSR count). The Labute approximate surface area is 176 Å². The second kappa shape index (κ2) is 9.95. The van der Waals surface area contributed by atoms with Crippen molar-refractivity contribution in [2.24, 2.45) is 0 Å². The first-order valence-electron chi connectivity index (χ1n) is 8.59. The number of amides is 1. The molecule has 2 N–H and O–H groups in total. The largest absolute Gasteiger partial charge is 0.452 e. The van der Waals surface area contributed by atoms with Gasteiger partial charge < -0.3 is 10.1 Å². The molecular formula is C19H20BrFN2O5S. The molecule has 156 valence electrons. The van der Waals surface area contributed by atoms with E-state index in [9.17, 15) is 22.4 Å². The van der Waals surface area contributed by atoms with Gasteiger partial charge in [-0.1, -0.05) is 34.1 Å². The number of esters is 1. The van der Waals surface area contributed by atoms with Gasteiger partial charge in [-0.05, 0) is 49.7 Å². The van der Waals surface area contributed by atoms with Crippen molar-refractivity contribution in [2.45, 2.75) is 30.9 Å². The highest BCUT2D eigenvalue weighted by atomic mass is 79.9. The highest BCUT2D eigenvalue weighted by Gasteiger charge is 2.22. The molecule has 0 bridgehead atoms. The van der Waals surface area contributed by atoms with Crippen molar-refractivity contribution in [1.82, 2.24) is 10.0 Å². The maximum absolute atomic E-state index is 13.0. The summed E-state index contributed by atoms with van der Waals surface area (Å²) >= 11 is 3.18.